The van der Waals surface area contributed by atoms with Crippen molar-refractivity contribution in [3.63, 3.8) is 0 Å². The first-order valence-electron chi connectivity index (χ1n) is 7.79. The largest absolute Gasteiger partial charge is 0.272 e. The molecule has 0 fully saturated rings. The number of nitrogens with zero attached hydrogens (tertiary/aromatic N) is 1. The molecule has 0 aromatic heterocycles. The highest BCUT2D eigenvalue weighted by Crippen LogP contribution is 2.15. The topological polar surface area (TPSA) is 49.4 Å². The van der Waals surface area contributed by atoms with Crippen LogP contribution >= 0.6 is 0 Å². The van der Waals surface area contributed by atoms with Crippen LogP contribution in [0.2, 0.25) is 0 Å². The molecule has 1 aromatic rings. The number of carbonyl (C=O) groups excluding carboxylic acids is 2. The summed E-state index contributed by atoms with van der Waals surface area (Å²) in [5.74, 6) is -0.468. The number of hydrogen-bond donors (Lipinski definition) is 1. The third-order valence-corrected chi connectivity index (χ3v) is 3.80. The van der Waals surface area contributed by atoms with E-state index in [0.717, 1.165) is 24.0 Å². The van der Waals surface area contributed by atoms with E-state index in [1.807, 2.05) is 39.8 Å². The Morgan fingerprint density at radius 2 is 1.91 bits per heavy atom. The fraction of sp³-hybridized carbons (Fsp3) is 0.444. The SMILES string of the molecule is C=C(CC)C(=O)NN(CCCC)C(=O)c1cccc(C)c1C. The Hall–Kier alpha value is -2.10. The monoisotopic (exact) mass is 302 g/mol. The number of nitrogens with one attached hydrogen (secondary N) is 1. The highest BCUT2D eigenvalue weighted by molar-refractivity contribution is 5.99. The van der Waals surface area contributed by atoms with Crippen molar-refractivity contribution < 1.29 is 9.59 Å². The van der Waals surface area contributed by atoms with Crippen LogP contribution in [0, 0.1) is 13.8 Å². The second kappa shape index (κ2) is 8.37. The molecular weight excluding hydrogens is 276 g/mol. The first-order chi connectivity index (χ1) is 10.4. The highest BCUT2D eigenvalue weighted by Gasteiger charge is 2.20. The second-order valence-corrected chi connectivity index (χ2v) is 5.46. The predicted molar refractivity (Wildman–Crippen MR) is 89.4 cm³/mol. The fourth-order valence-electron chi connectivity index (χ4n) is 2.01. The molecule has 22 heavy (non-hydrogen) atoms. The van der Waals surface area contributed by atoms with Crippen molar-refractivity contribution in [1.29, 1.82) is 0 Å². The minimum atomic E-state index is -0.294. The number of benzene rings is 1. The van der Waals surface area contributed by atoms with Gasteiger partial charge in [-0.15, -0.1) is 0 Å². The molecule has 2 amide bonds. The van der Waals surface area contributed by atoms with Gasteiger partial charge in [0.05, 0.1) is 0 Å². The van der Waals surface area contributed by atoms with Crippen LogP contribution in [0.5, 0.6) is 0 Å². The molecule has 0 saturated carbocycles. The van der Waals surface area contributed by atoms with Crippen molar-refractivity contribution in [1.82, 2.24) is 10.4 Å². The molecular formula is C18H26N2O2. The molecule has 0 saturated heterocycles. The quantitative estimate of drug-likeness (QED) is 0.645. The lowest BCUT2D eigenvalue weighted by atomic mass is 10.0. The molecule has 4 heteroatoms. The summed E-state index contributed by atoms with van der Waals surface area (Å²) in [5, 5.41) is 1.41. The lowest BCUT2D eigenvalue weighted by Crippen LogP contribution is -2.47. The van der Waals surface area contributed by atoms with Crippen molar-refractivity contribution >= 4 is 11.8 Å². The first-order valence-corrected chi connectivity index (χ1v) is 7.79. The predicted octanol–water partition coefficient (Wildman–Crippen LogP) is 3.54. The van der Waals surface area contributed by atoms with Crippen LogP contribution in [0.4, 0.5) is 0 Å². The number of carbonyl (C=O) groups is 2. The number of unbranched alkanes of at least 4 members (excludes halogenated alkanes) is 1. The van der Waals surface area contributed by atoms with Gasteiger partial charge in [-0.3, -0.25) is 15.0 Å². The zero-order valence-electron chi connectivity index (χ0n) is 14.0. The van der Waals surface area contributed by atoms with Gasteiger partial charge in [-0.1, -0.05) is 39.0 Å². The molecule has 0 bridgehead atoms. The van der Waals surface area contributed by atoms with Crippen molar-refractivity contribution in [3.05, 3.63) is 47.0 Å². The molecule has 4 nitrogen and oxygen atoms in total. The number of hydrazine groups is 1. The van der Waals surface area contributed by atoms with Gasteiger partial charge in [0.15, 0.2) is 0 Å². The maximum atomic E-state index is 12.8. The molecule has 0 spiro atoms. The standard InChI is InChI=1S/C18H26N2O2/c1-6-8-12-20(19-17(21)13(3)7-2)18(22)16-11-9-10-14(4)15(16)5/h9-11H,3,6-8,12H2,1-2,4-5H3,(H,19,21). The summed E-state index contributed by atoms with van der Waals surface area (Å²) >= 11 is 0. The van der Waals surface area contributed by atoms with Crippen LogP contribution in [-0.4, -0.2) is 23.4 Å². The Bertz CT molecular complexity index is 564. The van der Waals surface area contributed by atoms with Crippen LogP contribution in [0.1, 0.15) is 54.6 Å². The molecule has 120 valence electrons. The van der Waals surface area contributed by atoms with Gasteiger partial charge in [0.25, 0.3) is 11.8 Å². The lowest BCUT2D eigenvalue weighted by Gasteiger charge is -2.24. The third-order valence-electron chi connectivity index (χ3n) is 3.80. The minimum Gasteiger partial charge on any atom is -0.268 e. The third kappa shape index (κ3) is 4.45. The van der Waals surface area contributed by atoms with E-state index in [1.165, 1.54) is 5.01 Å². The summed E-state index contributed by atoms with van der Waals surface area (Å²) in [4.78, 5) is 24.8. The van der Waals surface area contributed by atoms with Crippen LogP contribution in [0.25, 0.3) is 0 Å². The Balaban J connectivity index is 3.00. The fourth-order valence-corrected chi connectivity index (χ4v) is 2.01. The number of amides is 2. The number of aryl methyl sites for hydroxylation is 1. The van der Waals surface area contributed by atoms with Crippen LogP contribution in [0.15, 0.2) is 30.4 Å². The molecule has 0 aliphatic rings. The molecule has 0 unspecified atom stereocenters. The molecule has 1 aromatic carbocycles. The van der Waals surface area contributed by atoms with E-state index in [2.05, 4.69) is 12.0 Å². The van der Waals surface area contributed by atoms with Crippen LogP contribution < -0.4 is 5.43 Å². The first kappa shape index (κ1) is 18.0. The Kier molecular flexibility index (Phi) is 6.83. The molecule has 0 aliphatic heterocycles. The normalized spacial score (nSPS) is 10.2. The van der Waals surface area contributed by atoms with E-state index in [0.29, 0.717) is 24.1 Å². The zero-order valence-corrected chi connectivity index (χ0v) is 14.0. The molecule has 1 rings (SSSR count). The van der Waals surface area contributed by atoms with Gasteiger partial charge >= 0.3 is 0 Å². The summed E-state index contributed by atoms with van der Waals surface area (Å²) in [6, 6.07) is 5.63. The summed E-state index contributed by atoms with van der Waals surface area (Å²) in [6.45, 7) is 12.0. The van der Waals surface area contributed by atoms with Crippen molar-refractivity contribution in [2.24, 2.45) is 0 Å². The molecule has 1 N–H and O–H groups in total. The summed E-state index contributed by atoms with van der Waals surface area (Å²) < 4.78 is 0. The van der Waals surface area contributed by atoms with E-state index in [9.17, 15) is 9.59 Å². The number of hydrogen-bond acceptors (Lipinski definition) is 2. The smallest absolute Gasteiger partial charge is 0.268 e. The highest BCUT2D eigenvalue weighted by atomic mass is 16.2. The van der Waals surface area contributed by atoms with Crippen LogP contribution in [-0.2, 0) is 4.79 Å². The van der Waals surface area contributed by atoms with Gasteiger partial charge in [0, 0.05) is 17.7 Å². The van der Waals surface area contributed by atoms with Crippen molar-refractivity contribution in [2.75, 3.05) is 6.54 Å². The second-order valence-electron chi connectivity index (χ2n) is 5.46. The maximum absolute atomic E-state index is 12.8. The number of rotatable bonds is 6. The summed E-state index contributed by atoms with van der Waals surface area (Å²) in [6.07, 6.45) is 2.34. The van der Waals surface area contributed by atoms with E-state index in [-0.39, 0.29) is 11.8 Å². The Morgan fingerprint density at radius 1 is 1.23 bits per heavy atom. The Labute approximate surface area is 133 Å². The minimum absolute atomic E-state index is 0.174. The van der Waals surface area contributed by atoms with E-state index in [1.54, 1.807) is 6.07 Å². The van der Waals surface area contributed by atoms with Gasteiger partial charge in [0.1, 0.15) is 0 Å². The molecule has 0 atom stereocenters. The average Bonchev–Trinajstić information content (AvgIpc) is 2.52. The molecule has 0 aliphatic carbocycles. The van der Waals surface area contributed by atoms with Crippen molar-refractivity contribution in [2.45, 2.75) is 47.0 Å². The van der Waals surface area contributed by atoms with E-state index >= 15 is 0 Å². The maximum Gasteiger partial charge on any atom is 0.272 e. The van der Waals surface area contributed by atoms with Crippen LogP contribution in [0.3, 0.4) is 0 Å². The average molecular weight is 302 g/mol. The van der Waals surface area contributed by atoms with Gasteiger partial charge in [-0.2, -0.15) is 0 Å². The van der Waals surface area contributed by atoms with E-state index < -0.39 is 0 Å². The molecule has 0 radical (unpaired) electrons. The van der Waals surface area contributed by atoms with Gasteiger partial charge in [-0.05, 0) is 43.9 Å². The van der Waals surface area contributed by atoms with Crippen molar-refractivity contribution in [3.8, 4) is 0 Å². The van der Waals surface area contributed by atoms with Gasteiger partial charge in [-0.25, -0.2) is 5.01 Å². The van der Waals surface area contributed by atoms with Gasteiger partial charge in [0.2, 0.25) is 0 Å². The summed E-state index contributed by atoms with van der Waals surface area (Å²) in [7, 11) is 0. The van der Waals surface area contributed by atoms with E-state index in [4.69, 9.17) is 0 Å². The Morgan fingerprint density at radius 3 is 2.50 bits per heavy atom. The summed E-state index contributed by atoms with van der Waals surface area (Å²) in [5.41, 5.74) is 5.79. The zero-order chi connectivity index (χ0) is 16.7. The van der Waals surface area contributed by atoms with Gasteiger partial charge < -0.3 is 0 Å². The molecule has 0 heterocycles. The lowest BCUT2D eigenvalue weighted by molar-refractivity contribution is -0.121.